The van der Waals surface area contributed by atoms with E-state index in [4.69, 9.17) is 21.4 Å². The molecule has 0 bridgehead atoms. The van der Waals surface area contributed by atoms with Gasteiger partial charge in [-0.2, -0.15) is 0 Å². The normalized spacial score (nSPS) is 24.2. The fourth-order valence-corrected chi connectivity index (χ4v) is 6.19. The molecule has 0 aromatic carbocycles. The Kier molecular flexibility index (Phi) is 4.78. The van der Waals surface area contributed by atoms with Gasteiger partial charge in [-0.1, -0.05) is 11.6 Å². The van der Waals surface area contributed by atoms with Crippen LogP contribution in [0.3, 0.4) is 0 Å². The Morgan fingerprint density at radius 3 is 2.71 bits per heavy atom. The van der Waals surface area contributed by atoms with Crippen LogP contribution in [0, 0.1) is 5.41 Å². The molecule has 28 heavy (non-hydrogen) atoms. The molecular formula is C19H19ClN4O2S2. The standard InChI is InChI=1S/C19H19ClN4O2S2/c1-18(2)17(21)24-19(3,10-28(18)25)15-13(20)7-14(27-15)11-6-12(9-22-8-11)16-23-4-5-26-16/h4-9H,10H2,1-3H3,(H2,21,24)/t19-,28?/m0/s1. The maximum Gasteiger partial charge on any atom is 0.227 e. The summed E-state index contributed by atoms with van der Waals surface area (Å²) >= 11 is 6.89. The number of oxazole rings is 1. The number of hydrogen-bond acceptors (Lipinski definition) is 6. The van der Waals surface area contributed by atoms with Crippen LogP contribution in [-0.4, -0.2) is 30.9 Å². The third-order valence-corrected chi connectivity index (χ3v) is 8.92. The van der Waals surface area contributed by atoms with E-state index >= 15 is 0 Å². The smallest absolute Gasteiger partial charge is 0.227 e. The van der Waals surface area contributed by atoms with Crippen molar-refractivity contribution in [3.05, 3.63) is 46.9 Å². The van der Waals surface area contributed by atoms with Gasteiger partial charge in [-0.3, -0.25) is 10.4 Å². The van der Waals surface area contributed by atoms with E-state index < -0.39 is 21.5 Å². The lowest BCUT2D eigenvalue weighted by molar-refractivity contribution is 0.449. The highest BCUT2D eigenvalue weighted by atomic mass is 35.5. The van der Waals surface area contributed by atoms with E-state index in [2.05, 4.69) is 15.3 Å². The average molecular weight is 435 g/mol. The highest BCUT2D eigenvalue weighted by Gasteiger charge is 2.50. The topological polar surface area (TPSA) is 97.9 Å². The molecule has 1 aliphatic rings. The Morgan fingerprint density at radius 2 is 2.04 bits per heavy atom. The van der Waals surface area contributed by atoms with E-state index in [9.17, 15) is 4.55 Å². The Balaban J connectivity index is 1.70. The van der Waals surface area contributed by atoms with Crippen molar-refractivity contribution in [3.8, 4) is 21.9 Å². The lowest BCUT2D eigenvalue weighted by Gasteiger charge is -2.43. The van der Waals surface area contributed by atoms with E-state index in [0.717, 1.165) is 20.9 Å². The molecule has 1 unspecified atom stereocenters. The Labute approximate surface area is 175 Å². The lowest BCUT2D eigenvalue weighted by atomic mass is 10.00. The second-order valence-corrected chi connectivity index (χ2v) is 10.9. The van der Waals surface area contributed by atoms with E-state index in [1.807, 2.05) is 32.9 Å². The van der Waals surface area contributed by atoms with Crippen LogP contribution in [-0.2, 0) is 16.7 Å². The molecule has 0 amide bonds. The first-order valence-corrected chi connectivity index (χ1v) is 11.1. The molecule has 3 aromatic rings. The number of aromatic nitrogens is 2. The third-order valence-electron chi connectivity index (χ3n) is 4.88. The van der Waals surface area contributed by atoms with Crippen LogP contribution in [0.25, 0.3) is 21.9 Å². The fourth-order valence-electron chi connectivity index (χ4n) is 3.09. The van der Waals surface area contributed by atoms with E-state index in [1.54, 1.807) is 18.6 Å². The fraction of sp³-hybridized carbons (Fsp3) is 0.316. The molecule has 0 aliphatic carbocycles. The van der Waals surface area contributed by atoms with Crippen LogP contribution in [0.1, 0.15) is 25.6 Å². The number of pyridine rings is 1. The number of nitrogens with zero attached hydrogens (tertiary/aromatic N) is 2. The zero-order valence-electron chi connectivity index (χ0n) is 15.6. The molecule has 0 radical (unpaired) electrons. The van der Waals surface area contributed by atoms with Crippen molar-refractivity contribution in [2.45, 2.75) is 31.1 Å². The van der Waals surface area contributed by atoms with Gasteiger partial charge in [-0.15, -0.1) is 11.3 Å². The zero-order valence-corrected chi connectivity index (χ0v) is 18.0. The number of rotatable bonds is 3. The molecule has 4 rings (SSSR count). The first-order chi connectivity index (χ1) is 13.2. The van der Waals surface area contributed by atoms with Crippen molar-refractivity contribution in [1.29, 1.82) is 5.41 Å². The van der Waals surface area contributed by atoms with Gasteiger partial charge >= 0.3 is 0 Å². The van der Waals surface area contributed by atoms with Gasteiger partial charge in [-0.05, 0) is 44.1 Å². The molecule has 6 nitrogen and oxygen atoms in total. The SMILES string of the molecule is CC1(C)C(=N)N[C@](C)(c2sc(-c3cncc(-c4ncco4)c3)cc2Cl)C[S+]1[O-]. The Bertz CT molecular complexity index is 1030. The molecule has 2 atom stereocenters. The van der Waals surface area contributed by atoms with Gasteiger partial charge < -0.3 is 14.3 Å². The summed E-state index contributed by atoms with van der Waals surface area (Å²) in [6, 6.07) is 3.84. The van der Waals surface area contributed by atoms with Gasteiger partial charge in [-0.25, -0.2) is 4.98 Å². The first-order valence-electron chi connectivity index (χ1n) is 8.61. The summed E-state index contributed by atoms with van der Waals surface area (Å²) in [7, 11) is 0. The highest BCUT2D eigenvalue weighted by molar-refractivity contribution is 7.93. The van der Waals surface area contributed by atoms with Crippen molar-refractivity contribution < 1.29 is 8.97 Å². The third kappa shape index (κ3) is 3.24. The van der Waals surface area contributed by atoms with Gasteiger partial charge in [0.2, 0.25) is 5.89 Å². The average Bonchev–Trinajstić information content (AvgIpc) is 3.30. The molecule has 146 valence electrons. The van der Waals surface area contributed by atoms with Crippen LogP contribution in [0.15, 0.2) is 41.4 Å². The number of nitrogens with one attached hydrogen (secondary N) is 2. The van der Waals surface area contributed by atoms with Gasteiger partial charge in [0.1, 0.15) is 17.6 Å². The van der Waals surface area contributed by atoms with Crippen molar-refractivity contribution in [2.24, 2.45) is 0 Å². The van der Waals surface area contributed by atoms with Crippen molar-refractivity contribution >= 4 is 39.9 Å². The molecule has 3 aromatic heterocycles. The second-order valence-electron chi connectivity index (χ2n) is 7.42. The quantitative estimate of drug-likeness (QED) is 0.593. The summed E-state index contributed by atoms with van der Waals surface area (Å²) in [5, 5.41) is 12.1. The molecule has 0 spiro atoms. The maximum absolute atomic E-state index is 12.7. The summed E-state index contributed by atoms with van der Waals surface area (Å²) in [6.45, 7) is 5.58. The molecule has 4 heterocycles. The summed E-state index contributed by atoms with van der Waals surface area (Å²) in [5.74, 6) is 1.15. The molecule has 1 saturated heterocycles. The minimum atomic E-state index is -1.19. The Morgan fingerprint density at radius 1 is 1.29 bits per heavy atom. The first kappa shape index (κ1) is 19.4. The van der Waals surface area contributed by atoms with E-state index in [1.165, 1.54) is 17.6 Å². The van der Waals surface area contributed by atoms with Gasteiger partial charge in [0.05, 0.1) is 21.7 Å². The summed E-state index contributed by atoms with van der Waals surface area (Å²) in [5.41, 5.74) is 1.01. The predicted octanol–water partition coefficient (Wildman–Crippen LogP) is 4.44. The van der Waals surface area contributed by atoms with Gasteiger partial charge in [0.25, 0.3) is 0 Å². The van der Waals surface area contributed by atoms with Crippen LogP contribution in [0.4, 0.5) is 0 Å². The molecule has 0 saturated carbocycles. The van der Waals surface area contributed by atoms with E-state index in [-0.39, 0.29) is 5.84 Å². The number of hydrogen-bond donors (Lipinski definition) is 2. The largest absolute Gasteiger partial charge is 0.616 e. The minimum absolute atomic E-state index is 0.262. The number of thiophene rings is 1. The summed E-state index contributed by atoms with van der Waals surface area (Å²) in [4.78, 5) is 10.3. The predicted molar refractivity (Wildman–Crippen MR) is 113 cm³/mol. The molecule has 1 aliphatic heterocycles. The summed E-state index contributed by atoms with van der Waals surface area (Å²) < 4.78 is 17.4. The molecule has 9 heteroatoms. The number of amidine groups is 1. The number of halogens is 1. The van der Waals surface area contributed by atoms with Crippen molar-refractivity contribution in [3.63, 3.8) is 0 Å². The Hall–Kier alpha value is -1.87. The monoisotopic (exact) mass is 434 g/mol. The van der Waals surface area contributed by atoms with Gasteiger partial charge in [0, 0.05) is 22.8 Å². The zero-order chi connectivity index (χ0) is 20.1. The van der Waals surface area contributed by atoms with E-state index in [0.29, 0.717) is 16.7 Å². The van der Waals surface area contributed by atoms with Crippen LogP contribution in [0.5, 0.6) is 0 Å². The lowest BCUT2D eigenvalue weighted by Crippen LogP contribution is -2.63. The van der Waals surface area contributed by atoms with Crippen LogP contribution >= 0.6 is 22.9 Å². The molecule has 1 fully saturated rings. The van der Waals surface area contributed by atoms with Crippen LogP contribution < -0.4 is 5.32 Å². The summed E-state index contributed by atoms with van der Waals surface area (Å²) in [6.07, 6.45) is 6.57. The second kappa shape index (κ2) is 6.88. The molecule has 2 N–H and O–H groups in total. The maximum atomic E-state index is 12.7. The highest BCUT2D eigenvalue weighted by Crippen LogP contribution is 2.44. The van der Waals surface area contributed by atoms with Crippen molar-refractivity contribution in [1.82, 2.24) is 15.3 Å². The minimum Gasteiger partial charge on any atom is -0.616 e. The van der Waals surface area contributed by atoms with Crippen LogP contribution in [0.2, 0.25) is 5.02 Å². The van der Waals surface area contributed by atoms with Crippen molar-refractivity contribution in [2.75, 3.05) is 5.75 Å². The van der Waals surface area contributed by atoms with Gasteiger partial charge in [0.15, 0.2) is 10.6 Å². The molecular weight excluding hydrogens is 416 g/mol.